The van der Waals surface area contributed by atoms with E-state index in [9.17, 15) is 15.0 Å². The summed E-state index contributed by atoms with van der Waals surface area (Å²) in [5.74, 6) is 0.774. The second-order valence-electron chi connectivity index (χ2n) is 13.1. The normalized spacial score (nSPS) is 15.5. The Balaban J connectivity index is 0.000000892. The van der Waals surface area contributed by atoms with E-state index in [4.69, 9.17) is 15.0 Å². The Kier molecular flexibility index (Phi) is 11.3. The predicted molar refractivity (Wildman–Crippen MR) is 165 cm³/mol. The minimum absolute atomic E-state index is 0. The highest BCUT2D eigenvalue weighted by Crippen LogP contribution is 2.34. The van der Waals surface area contributed by atoms with E-state index in [1.807, 2.05) is 71.0 Å². The van der Waals surface area contributed by atoms with E-state index in [-0.39, 0.29) is 24.0 Å². The van der Waals surface area contributed by atoms with Crippen LogP contribution in [0.1, 0.15) is 72.4 Å². The van der Waals surface area contributed by atoms with Crippen LogP contribution in [0.25, 0.3) is 22.8 Å². The van der Waals surface area contributed by atoms with Gasteiger partial charge in [0.15, 0.2) is 0 Å². The second kappa shape index (κ2) is 14.3. The van der Waals surface area contributed by atoms with Gasteiger partial charge < -0.3 is 25.2 Å². The van der Waals surface area contributed by atoms with Gasteiger partial charge in [-0.05, 0) is 96.1 Å². The minimum atomic E-state index is -0.799. The first-order valence-corrected chi connectivity index (χ1v) is 14.8. The average molecular weight is 581 g/mol. The van der Waals surface area contributed by atoms with Crippen molar-refractivity contribution in [3.8, 4) is 28.6 Å². The van der Waals surface area contributed by atoms with Crippen LogP contribution in [-0.2, 0) is 22.5 Å². The maximum absolute atomic E-state index is 12.0. The van der Waals surface area contributed by atoms with Crippen molar-refractivity contribution in [3.05, 3.63) is 53.6 Å². The van der Waals surface area contributed by atoms with Gasteiger partial charge in [-0.15, -0.1) is 0 Å². The molecule has 3 aromatic rings. The first-order chi connectivity index (χ1) is 19.6. The zero-order chi connectivity index (χ0) is 31.1. The van der Waals surface area contributed by atoms with Crippen LogP contribution in [0, 0.1) is 11.3 Å². The number of piperidine rings is 1. The topological polar surface area (TPSA) is 135 Å². The lowest BCUT2D eigenvalue weighted by Crippen LogP contribution is -2.47. The quantitative estimate of drug-likeness (QED) is 0.258. The number of aromatic nitrogens is 2. The molecule has 4 N–H and O–H groups in total. The summed E-state index contributed by atoms with van der Waals surface area (Å²) in [6, 6.07) is 13.5. The third-order valence-electron chi connectivity index (χ3n) is 6.96. The van der Waals surface area contributed by atoms with Gasteiger partial charge in [-0.3, -0.25) is 9.69 Å². The number of nitrogens with two attached hydrogens (primary N) is 1. The van der Waals surface area contributed by atoms with Crippen LogP contribution in [0.5, 0.6) is 5.75 Å². The highest BCUT2D eigenvalue weighted by molar-refractivity contribution is 5.75. The summed E-state index contributed by atoms with van der Waals surface area (Å²) in [4.78, 5) is 18.8. The van der Waals surface area contributed by atoms with E-state index >= 15 is 0 Å². The van der Waals surface area contributed by atoms with E-state index in [2.05, 4.69) is 28.9 Å². The summed E-state index contributed by atoms with van der Waals surface area (Å²) >= 11 is 0. The molecular weight excluding hydrogens is 532 g/mol. The number of carboxylic acids is 1. The first kappa shape index (κ1) is 33.2. The van der Waals surface area contributed by atoms with Gasteiger partial charge in [-0.1, -0.05) is 49.3 Å². The number of phenolic OH excluding ortho intramolecular Hbond substituents is 1. The molecule has 2 heterocycles. The number of hydrogen-bond acceptors (Lipinski definition) is 8. The molecule has 1 aromatic heterocycles. The fourth-order valence-electron chi connectivity index (χ4n) is 4.67. The number of likely N-dealkylation sites (tertiary alicyclic amines) is 1. The molecule has 42 heavy (non-hydrogen) atoms. The lowest BCUT2D eigenvalue weighted by Gasteiger charge is -2.39. The molecule has 1 saturated heterocycles. The number of aromatic hydroxyl groups is 1. The van der Waals surface area contributed by atoms with Crippen molar-refractivity contribution in [2.75, 3.05) is 19.7 Å². The molecule has 0 unspecified atom stereocenters. The summed E-state index contributed by atoms with van der Waals surface area (Å²) in [5, 5.41) is 24.3. The van der Waals surface area contributed by atoms with Crippen LogP contribution in [-0.4, -0.2) is 62.6 Å². The van der Waals surface area contributed by atoms with Gasteiger partial charge in [-0.25, -0.2) is 0 Å². The monoisotopic (exact) mass is 580 g/mol. The number of phenols is 1. The summed E-state index contributed by atoms with van der Waals surface area (Å²) < 4.78 is 11.1. The summed E-state index contributed by atoms with van der Waals surface area (Å²) in [5.41, 5.74) is 8.12. The van der Waals surface area contributed by atoms with E-state index in [0.717, 1.165) is 29.7 Å². The van der Waals surface area contributed by atoms with Crippen molar-refractivity contribution in [2.24, 2.45) is 17.1 Å². The Morgan fingerprint density at radius 1 is 1.07 bits per heavy atom. The molecule has 0 aliphatic carbocycles. The molecular formula is C33H48N4O5. The molecule has 0 atom stereocenters. The summed E-state index contributed by atoms with van der Waals surface area (Å²) in [6.45, 7) is 16.4. The van der Waals surface area contributed by atoms with Crippen molar-refractivity contribution >= 4 is 5.97 Å². The van der Waals surface area contributed by atoms with Crippen LogP contribution in [0.15, 0.2) is 47.0 Å². The minimum Gasteiger partial charge on any atom is -0.508 e. The summed E-state index contributed by atoms with van der Waals surface area (Å²) in [6.07, 6.45) is 1.97. The van der Waals surface area contributed by atoms with Gasteiger partial charge in [0.25, 0.3) is 5.89 Å². The molecule has 4 rings (SSSR count). The molecule has 1 aliphatic rings. The second-order valence-corrected chi connectivity index (χ2v) is 13.1. The molecule has 0 spiro atoms. The van der Waals surface area contributed by atoms with E-state index in [1.165, 1.54) is 0 Å². The third-order valence-corrected chi connectivity index (χ3v) is 6.96. The molecule has 230 valence electrons. The molecule has 1 aliphatic heterocycles. The average Bonchev–Trinajstić information content (AvgIpc) is 3.39. The van der Waals surface area contributed by atoms with Gasteiger partial charge in [-0.2, -0.15) is 4.98 Å². The van der Waals surface area contributed by atoms with E-state index in [1.54, 1.807) is 6.07 Å². The number of rotatable bonds is 10. The van der Waals surface area contributed by atoms with Crippen LogP contribution in [0.3, 0.4) is 0 Å². The van der Waals surface area contributed by atoms with Crippen LogP contribution < -0.4 is 5.73 Å². The number of carbonyl (C=O) groups is 1. The molecule has 2 aromatic carbocycles. The predicted octanol–water partition coefficient (Wildman–Crippen LogP) is 6.14. The molecule has 0 bridgehead atoms. The number of benzene rings is 2. The molecule has 1 fully saturated rings. The SMILES string of the molecule is CC(C)(C)N.CC(C)Cc1ccc(-c2nc(-c3ccc(CN4CCC(COC(C)C)(C(=O)O)CC4)cc3)no2)cc1O. The van der Waals surface area contributed by atoms with Gasteiger partial charge in [0.1, 0.15) is 5.75 Å². The Bertz CT molecular complexity index is 1280. The molecule has 9 heteroatoms. The van der Waals surface area contributed by atoms with Crippen molar-refractivity contribution in [1.82, 2.24) is 15.0 Å². The highest BCUT2D eigenvalue weighted by Gasteiger charge is 2.42. The number of nitrogens with zero attached hydrogens (tertiary/aromatic N) is 3. The zero-order valence-electron chi connectivity index (χ0n) is 26.2. The van der Waals surface area contributed by atoms with Crippen LogP contribution >= 0.6 is 0 Å². The van der Waals surface area contributed by atoms with Gasteiger partial charge in [0.05, 0.1) is 18.1 Å². The van der Waals surface area contributed by atoms with Gasteiger partial charge in [0.2, 0.25) is 5.82 Å². The fourth-order valence-corrected chi connectivity index (χ4v) is 4.67. The Morgan fingerprint density at radius 3 is 2.19 bits per heavy atom. The van der Waals surface area contributed by atoms with Crippen molar-refractivity contribution in [1.29, 1.82) is 0 Å². The highest BCUT2D eigenvalue weighted by atomic mass is 16.5. The van der Waals surface area contributed by atoms with Gasteiger partial charge in [0, 0.05) is 23.2 Å². The largest absolute Gasteiger partial charge is 0.508 e. The standard InChI is InChI=1S/C29H37N3O5.C4H11N/c1-19(2)15-23-9-10-24(16-25(23)33)27-30-26(31-37-27)22-7-5-21(6-8-22)17-32-13-11-29(12-14-32,28(34)35)18-36-20(3)4;1-4(2,3)5/h5-10,16,19-20,33H,11-15,17-18H2,1-4H3,(H,34,35);5H2,1-3H3. The van der Waals surface area contributed by atoms with E-state index < -0.39 is 11.4 Å². The first-order valence-electron chi connectivity index (χ1n) is 14.8. The van der Waals surface area contributed by atoms with Crippen LogP contribution in [0.4, 0.5) is 0 Å². The Morgan fingerprint density at radius 2 is 1.67 bits per heavy atom. The third kappa shape index (κ3) is 9.93. The van der Waals surface area contributed by atoms with Crippen molar-refractivity contribution in [3.63, 3.8) is 0 Å². The lowest BCUT2D eigenvalue weighted by atomic mass is 9.79. The number of hydrogen-bond donors (Lipinski definition) is 3. The van der Waals surface area contributed by atoms with Crippen LogP contribution in [0.2, 0.25) is 0 Å². The Hall–Kier alpha value is -3.27. The molecule has 0 radical (unpaired) electrons. The fraction of sp³-hybridized carbons (Fsp3) is 0.545. The maximum atomic E-state index is 12.0. The zero-order valence-corrected chi connectivity index (χ0v) is 26.2. The molecule has 0 amide bonds. The smallest absolute Gasteiger partial charge is 0.312 e. The molecule has 0 saturated carbocycles. The number of carboxylic acid groups (broad SMARTS) is 1. The lowest BCUT2D eigenvalue weighted by molar-refractivity contribution is -0.158. The number of aliphatic carboxylic acids is 1. The number of ether oxygens (including phenoxy) is 1. The van der Waals surface area contributed by atoms with E-state index in [0.29, 0.717) is 49.1 Å². The van der Waals surface area contributed by atoms with Crippen molar-refractivity contribution < 1.29 is 24.3 Å². The maximum Gasteiger partial charge on any atom is 0.312 e. The van der Waals surface area contributed by atoms with Gasteiger partial charge >= 0.3 is 5.97 Å². The Labute approximate surface area is 250 Å². The van der Waals surface area contributed by atoms with Crippen molar-refractivity contribution in [2.45, 2.75) is 85.9 Å². The molecule has 9 nitrogen and oxygen atoms in total. The summed E-state index contributed by atoms with van der Waals surface area (Å²) in [7, 11) is 0.